The number of ether oxygens (including phenoxy) is 5. The minimum atomic E-state index is -0.250. The average molecular weight is 387 g/mol. The molecule has 150 valence electrons. The molecule has 0 heterocycles. The Balaban J connectivity index is 1.91. The van der Waals surface area contributed by atoms with Gasteiger partial charge in [0.05, 0.1) is 35.0 Å². The fraction of sp³-hybridized carbons (Fsp3) is 0.286. The molecule has 0 radical (unpaired) electrons. The minimum Gasteiger partial charge on any atom is -0.493 e. The number of para-hydroxylation sites is 2. The molecular weight excluding hydrogens is 362 g/mol. The zero-order valence-corrected chi connectivity index (χ0v) is 16.5. The van der Waals surface area contributed by atoms with Crippen molar-refractivity contribution in [2.45, 2.75) is 0 Å². The Labute approximate surface area is 164 Å². The summed E-state index contributed by atoms with van der Waals surface area (Å²) in [5.41, 5.74) is 0.695. The first-order valence-electron chi connectivity index (χ1n) is 8.65. The summed E-state index contributed by atoms with van der Waals surface area (Å²) in [5.74, 6) is 2.54. The molecule has 1 amide bonds. The van der Waals surface area contributed by atoms with E-state index in [1.165, 1.54) is 20.3 Å². The predicted molar refractivity (Wildman–Crippen MR) is 107 cm³/mol. The van der Waals surface area contributed by atoms with E-state index >= 15 is 0 Å². The molecule has 0 bridgehead atoms. The number of benzene rings is 2. The average Bonchev–Trinajstić information content (AvgIpc) is 2.74. The van der Waals surface area contributed by atoms with E-state index in [0.717, 1.165) is 0 Å². The number of hydrogen-bond donors (Lipinski definition) is 1. The normalized spacial score (nSPS) is 10.4. The molecule has 1 N–H and O–H groups in total. The molecule has 0 aliphatic heterocycles. The second-order valence-corrected chi connectivity index (χ2v) is 5.55. The molecule has 2 aromatic carbocycles. The number of carbonyl (C=O) groups is 1. The molecule has 0 aliphatic rings. The fourth-order valence-corrected chi connectivity index (χ4v) is 2.55. The third kappa shape index (κ3) is 5.33. The molecule has 28 heavy (non-hydrogen) atoms. The van der Waals surface area contributed by atoms with Crippen LogP contribution in [0.2, 0.25) is 0 Å². The zero-order valence-electron chi connectivity index (χ0n) is 16.5. The van der Waals surface area contributed by atoms with Gasteiger partial charge in [0.1, 0.15) is 6.61 Å². The van der Waals surface area contributed by atoms with Gasteiger partial charge >= 0.3 is 0 Å². The quantitative estimate of drug-likeness (QED) is 0.499. The van der Waals surface area contributed by atoms with Crippen molar-refractivity contribution in [1.29, 1.82) is 0 Å². The van der Waals surface area contributed by atoms with Crippen LogP contribution in [0, 0.1) is 0 Å². The molecule has 0 unspecified atom stereocenters. The molecule has 0 fully saturated rings. The lowest BCUT2D eigenvalue weighted by atomic mass is 10.1. The van der Waals surface area contributed by atoms with Crippen molar-refractivity contribution in [2.75, 3.05) is 41.6 Å². The van der Waals surface area contributed by atoms with Crippen LogP contribution in [0.4, 0.5) is 0 Å². The smallest absolute Gasteiger partial charge is 0.244 e. The lowest BCUT2D eigenvalue weighted by Crippen LogP contribution is -2.26. The van der Waals surface area contributed by atoms with Crippen molar-refractivity contribution in [3.8, 4) is 28.7 Å². The van der Waals surface area contributed by atoms with Crippen LogP contribution in [0.1, 0.15) is 5.56 Å². The second kappa shape index (κ2) is 10.7. The largest absolute Gasteiger partial charge is 0.493 e. The molecule has 2 rings (SSSR count). The Morgan fingerprint density at radius 2 is 1.54 bits per heavy atom. The van der Waals surface area contributed by atoms with E-state index in [-0.39, 0.29) is 5.91 Å². The summed E-state index contributed by atoms with van der Waals surface area (Å²) < 4.78 is 26.8. The van der Waals surface area contributed by atoms with Gasteiger partial charge < -0.3 is 29.0 Å². The van der Waals surface area contributed by atoms with Gasteiger partial charge in [0, 0.05) is 11.6 Å². The van der Waals surface area contributed by atoms with E-state index < -0.39 is 0 Å². The van der Waals surface area contributed by atoms with Gasteiger partial charge in [0.15, 0.2) is 23.0 Å². The molecule has 2 aromatic rings. The van der Waals surface area contributed by atoms with Crippen molar-refractivity contribution in [2.24, 2.45) is 0 Å². The minimum absolute atomic E-state index is 0.250. The second-order valence-electron chi connectivity index (χ2n) is 5.55. The third-order valence-electron chi connectivity index (χ3n) is 3.88. The maximum atomic E-state index is 12.1. The number of amides is 1. The molecule has 0 aromatic heterocycles. The lowest BCUT2D eigenvalue weighted by Gasteiger charge is -2.14. The highest BCUT2D eigenvalue weighted by Gasteiger charge is 2.14. The lowest BCUT2D eigenvalue weighted by molar-refractivity contribution is -0.116. The monoisotopic (exact) mass is 387 g/mol. The maximum absolute atomic E-state index is 12.1. The molecule has 0 spiro atoms. The summed E-state index contributed by atoms with van der Waals surface area (Å²) in [4.78, 5) is 12.1. The SMILES string of the molecule is COc1ccccc1OCCNC(=O)/C=C/c1ccc(OC)c(OC)c1OC. The molecule has 0 atom stereocenters. The number of carbonyl (C=O) groups excluding carboxylic acids is 1. The molecule has 0 saturated heterocycles. The van der Waals surface area contributed by atoms with Gasteiger partial charge in [0.2, 0.25) is 11.7 Å². The Morgan fingerprint density at radius 3 is 2.18 bits per heavy atom. The van der Waals surface area contributed by atoms with Gasteiger partial charge in [-0.1, -0.05) is 12.1 Å². The number of hydrogen-bond acceptors (Lipinski definition) is 6. The highest BCUT2D eigenvalue weighted by atomic mass is 16.5. The number of rotatable bonds is 10. The van der Waals surface area contributed by atoms with Gasteiger partial charge in [-0.3, -0.25) is 4.79 Å². The standard InChI is InChI=1S/C21H25NO6/c1-24-16-7-5-6-8-17(16)28-14-13-22-19(23)12-10-15-9-11-18(25-2)21(27-4)20(15)26-3/h5-12H,13-14H2,1-4H3,(H,22,23)/b12-10+. The summed E-state index contributed by atoms with van der Waals surface area (Å²) in [6.07, 6.45) is 3.07. The van der Waals surface area contributed by atoms with E-state index in [1.807, 2.05) is 24.3 Å². The summed E-state index contributed by atoms with van der Waals surface area (Å²) >= 11 is 0. The molecule has 7 nitrogen and oxygen atoms in total. The van der Waals surface area contributed by atoms with Gasteiger partial charge in [-0.25, -0.2) is 0 Å². The van der Waals surface area contributed by atoms with Gasteiger partial charge in [0.25, 0.3) is 0 Å². The van der Waals surface area contributed by atoms with Crippen LogP contribution < -0.4 is 29.0 Å². The van der Waals surface area contributed by atoms with Crippen LogP contribution in [0.15, 0.2) is 42.5 Å². The van der Waals surface area contributed by atoms with E-state index in [9.17, 15) is 4.79 Å². The van der Waals surface area contributed by atoms with Crippen LogP contribution in [-0.2, 0) is 4.79 Å². The summed E-state index contributed by atoms with van der Waals surface area (Å²) in [7, 11) is 6.19. The Morgan fingerprint density at radius 1 is 0.857 bits per heavy atom. The molecule has 7 heteroatoms. The van der Waals surface area contributed by atoms with Crippen LogP contribution in [0.5, 0.6) is 28.7 Å². The Kier molecular flexibility index (Phi) is 8.02. The van der Waals surface area contributed by atoms with Crippen molar-refractivity contribution in [1.82, 2.24) is 5.32 Å². The van der Waals surface area contributed by atoms with Crippen LogP contribution in [-0.4, -0.2) is 47.5 Å². The summed E-state index contributed by atoms with van der Waals surface area (Å²) in [5, 5.41) is 2.76. The van der Waals surface area contributed by atoms with Crippen molar-refractivity contribution in [3.63, 3.8) is 0 Å². The van der Waals surface area contributed by atoms with E-state index in [0.29, 0.717) is 47.5 Å². The number of nitrogens with one attached hydrogen (secondary N) is 1. The predicted octanol–water partition coefficient (Wildman–Crippen LogP) is 2.93. The van der Waals surface area contributed by atoms with Gasteiger partial charge in [-0.2, -0.15) is 0 Å². The third-order valence-corrected chi connectivity index (χ3v) is 3.88. The molecular formula is C21H25NO6. The fourth-order valence-electron chi connectivity index (χ4n) is 2.55. The molecule has 0 saturated carbocycles. The highest BCUT2D eigenvalue weighted by Crippen LogP contribution is 2.40. The summed E-state index contributed by atoms with van der Waals surface area (Å²) in [6, 6.07) is 10.9. The van der Waals surface area contributed by atoms with Crippen LogP contribution in [0.3, 0.4) is 0 Å². The Bertz CT molecular complexity index is 819. The van der Waals surface area contributed by atoms with E-state index in [2.05, 4.69) is 5.32 Å². The maximum Gasteiger partial charge on any atom is 0.244 e. The molecule has 0 aliphatic carbocycles. The van der Waals surface area contributed by atoms with Crippen LogP contribution >= 0.6 is 0 Å². The Hall–Kier alpha value is -3.35. The highest BCUT2D eigenvalue weighted by molar-refractivity contribution is 5.92. The zero-order chi connectivity index (χ0) is 20.4. The topological polar surface area (TPSA) is 75.3 Å². The van der Waals surface area contributed by atoms with Gasteiger partial charge in [-0.15, -0.1) is 0 Å². The van der Waals surface area contributed by atoms with Crippen molar-refractivity contribution < 1.29 is 28.5 Å². The number of methoxy groups -OCH3 is 4. The summed E-state index contributed by atoms with van der Waals surface area (Å²) in [6.45, 7) is 0.671. The van der Waals surface area contributed by atoms with E-state index in [4.69, 9.17) is 23.7 Å². The van der Waals surface area contributed by atoms with E-state index in [1.54, 1.807) is 32.4 Å². The first-order valence-corrected chi connectivity index (χ1v) is 8.65. The van der Waals surface area contributed by atoms with Crippen LogP contribution in [0.25, 0.3) is 6.08 Å². The van der Waals surface area contributed by atoms with Gasteiger partial charge in [-0.05, 0) is 30.3 Å². The van der Waals surface area contributed by atoms with Crippen molar-refractivity contribution >= 4 is 12.0 Å². The first-order chi connectivity index (χ1) is 13.6. The van der Waals surface area contributed by atoms with Crippen molar-refractivity contribution in [3.05, 3.63) is 48.0 Å². The first kappa shape index (κ1) is 21.0.